The van der Waals surface area contributed by atoms with Gasteiger partial charge in [-0.05, 0) is 61.4 Å². The molecular formula is C21H19FN2O3S2. The average Bonchev–Trinajstić information content (AvgIpc) is 2.97. The number of nitrogens with zero attached hydrogens (tertiary/aromatic N) is 2. The van der Waals surface area contributed by atoms with E-state index in [2.05, 4.69) is 10.9 Å². The van der Waals surface area contributed by atoms with Gasteiger partial charge in [-0.2, -0.15) is 4.99 Å². The molecule has 1 aromatic heterocycles. The number of amides is 1. The maximum Gasteiger partial charge on any atom is 0.249 e. The number of sulfone groups is 1. The van der Waals surface area contributed by atoms with Crippen molar-refractivity contribution in [2.75, 3.05) is 5.75 Å². The van der Waals surface area contributed by atoms with Crippen LogP contribution < -0.4 is 4.80 Å². The fraction of sp³-hybridized carbons (Fsp3) is 0.238. The number of thiazole rings is 1. The number of terminal acetylenes is 1. The third-order valence-electron chi connectivity index (χ3n) is 4.53. The Labute approximate surface area is 172 Å². The first kappa shape index (κ1) is 21.0. The number of hydrogen-bond acceptors (Lipinski definition) is 4. The van der Waals surface area contributed by atoms with Gasteiger partial charge in [0.1, 0.15) is 5.82 Å². The molecule has 0 fully saturated rings. The minimum Gasteiger partial charge on any atom is -0.305 e. The summed E-state index contributed by atoms with van der Waals surface area (Å²) in [5.74, 6) is 1.08. The second kappa shape index (κ2) is 8.31. The van der Waals surface area contributed by atoms with Crippen LogP contribution in [0.25, 0.3) is 10.2 Å². The van der Waals surface area contributed by atoms with E-state index in [1.165, 1.54) is 23.5 Å². The maximum absolute atomic E-state index is 13.0. The molecule has 0 unspecified atom stereocenters. The highest BCUT2D eigenvalue weighted by atomic mass is 32.2. The normalized spacial score (nSPS) is 12.3. The topological polar surface area (TPSA) is 68.5 Å². The standard InChI is InChI=1S/C21H19FN2O3S2/c1-4-10-24-18-12-14(2)15(3)13-19(18)28-21(24)23-20(25)9-11-29(26,27)17-7-5-16(22)6-8-17/h1,5-8,12-13H,9-11H2,2-3H3. The first-order valence-corrected chi connectivity index (χ1v) is 11.3. The number of aryl methyl sites for hydroxylation is 2. The van der Waals surface area contributed by atoms with E-state index < -0.39 is 27.3 Å². The second-order valence-corrected chi connectivity index (χ2v) is 9.73. The lowest BCUT2D eigenvalue weighted by Gasteiger charge is -2.04. The summed E-state index contributed by atoms with van der Waals surface area (Å²) in [6.45, 7) is 4.25. The smallest absolute Gasteiger partial charge is 0.249 e. The van der Waals surface area contributed by atoms with Crippen LogP contribution in [0, 0.1) is 32.0 Å². The molecule has 2 aromatic carbocycles. The molecule has 0 bridgehead atoms. The Morgan fingerprint density at radius 1 is 1.21 bits per heavy atom. The average molecular weight is 431 g/mol. The van der Waals surface area contributed by atoms with Gasteiger partial charge in [0.05, 0.1) is 27.4 Å². The van der Waals surface area contributed by atoms with E-state index in [1.54, 1.807) is 4.57 Å². The molecule has 150 valence electrons. The van der Waals surface area contributed by atoms with Crippen molar-refractivity contribution in [1.29, 1.82) is 0 Å². The van der Waals surface area contributed by atoms with Crippen molar-refractivity contribution in [2.24, 2.45) is 4.99 Å². The van der Waals surface area contributed by atoms with Gasteiger partial charge in [-0.25, -0.2) is 12.8 Å². The lowest BCUT2D eigenvalue weighted by Crippen LogP contribution is -2.18. The third-order valence-corrected chi connectivity index (χ3v) is 7.30. The molecule has 0 aliphatic carbocycles. The first-order valence-electron chi connectivity index (χ1n) is 8.81. The molecule has 5 nitrogen and oxygen atoms in total. The monoisotopic (exact) mass is 430 g/mol. The van der Waals surface area contributed by atoms with Crippen LogP contribution in [0.1, 0.15) is 17.5 Å². The highest BCUT2D eigenvalue weighted by Gasteiger charge is 2.17. The zero-order chi connectivity index (χ0) is 21.2. The number of halogens is 1. The second-order valence-electron chi connectivity index (χ2n) is 6.61. The van der Waals surface area contributed by atoms with E-state index in [-0.39, 0.29) is 17.9 Å². The fourth-order valence-corrected chi connectivity index (χ4v) is 5.15. The number of fused-ring (bicyclic) bond motifs is 1. The Bertz CT molecular complexity index is 1290. The zero-order valence-electron chi connectivity index (χ0n) is 16.0. The summed E-state index contributed by atoms with van der Waals surface area (Å²) in [6.07, 6.45) is 5.19. The van der Waals surface area contributed by atoms with E-state index in [4.69, 9.17) is 6.42 Å². The summed E-state index contributed by atoms with van der Waals surface area (Å²) in [5, 5.41) is 0. The number of hydrogen-bond donors (Lipinski definition) is 0. The molecular weight excluding hydrogens is 411 g/mol. The molecule has 0 atom stereocenters. The highest BCUT2D eigenvalue weighted by molar-refractivity contribution is 7.91. The molecule has 1 amide bonds. The summed E-state index contributed by atoms with van der Waals surface area (Å²) in [4.78, 5) is 16.9. The van der Waals surface area contributed by atoms with Crippen molar-refractivity contribution in [3.05, 3.63) is 58.1 Å². The SMILES string of the molecule is C#CCn1c(=NC(=O)CCS(=O)(=O)c2ccc(F)cc2)sc2cc(C)c(C)cc21. The van der Waals surface area contributed by atoms with Gasteiger partial charge < -0.3 is 4.57 Å². The van der Waals surface area contributed by atoms with Crippen LogP contribution in [0.3, 0.4) is 0 Å². The molecule has 0 aliphatic rings. The van der Waals surface area contributed by atoms with Crippen LogP contribution >= 0.6 is 11.3 Å². The summed E-state index contributed by atoms with van der Waals surface area (Å²) >= 11 is 1.34. The van der Waals surface area contributed by atoms with Crippen LogP contribution in [0.4, 0.5) is 4.39 Å². The molecule has 29 heavy (non-hydrogen) atoms. The molecule has 8 heteroatoms. The lowest BCUT2D eigenvalue weighted by molar-refractivity contribution is -0.117. The van der Waals surface area contributed by atoms with E-state index in [0.29, 0.717) is 4.80 Å². The van der Waals surface area contributed by atoms with Gasteiger partial charge in [-0.3, -0.25) is 4.79 Å². The number of rotatable bonds is 5. The van der Waals surface area contributed by atoms with Crippen LogP contribution in [0.5, 0.6) is 0 Å². The molecule has 3 rings (SSSR count). The molecule has 0 saturated carbocycles. The minimum absolute atomic E-state index is 0.0260. The molecule has 0 spiro atoms. The van der Waals surface area contributed by atoms with E-state index in [0.717, 1.165) is 33.5 Å². The Kier molecular flexibility index (Phi) is 6.01. The minimum atomic E-state index is -3.70. The van der Waals surface area contributed by atoms with E-state index in [1.807, 2.05) is 26.0 Å². The molecule has 0 aliphatic heterocycles. The Morgan fingerprint density at radius 3 is 2.52 bits per heavy atom. The number of carbonyl (C=O) groups is 1. The Balaban J connectivity index is 1.89. The van der Waals surface area contributed by atoms with Gasteiger partial charge in [0, 0.05) is 6.42 Å². The summed E-state index contributed by atoms with van der Waals surface area (Å²) in [6, 6.07) is 8.53. The van der Waals surface area contributed by atoms with Gasteiger partial charge >= 0.3 is 0 Å². The van der Waals surface area contributed by atoms with Crippen molar-refractivity contribution < 1.29 is 17.6 Å². The van der Waals surface area contributed by atoms with Gasteiger partial charge in [0.25, 0.3) is 0 Å². The van der Waals surface area contributed by atoms with Crippen LogP contribution in [-0.2, 0) is 21.2 Å². The van der Waals surface area contributed by atoms with Gasteiger partial charge in [0.15, 0.2) is 14.6 Å². The molecule has 0 saturated heterocycles. The molecule has 1 heterocycles. The lowest BCUT2D eigenvalue weighted by atomic mass is 10.1. The highest BCUT2D eigenvalue weighted by Crippen LogP contribution is 2.22. The maximum atomic E-state index is 13.0. The van der Waals surface area contributed by atoms with Crippen LogP contribution in [0.15, 0.2) is 46.3 Å². The van der Waals surface area contributed by atoms with E-state index in [9.17, 15) is 17.6 Å². The molecule has 0 radical (unpaired) electrons. The van der Waals surface area contributed by atoms with Crippen molar-refractivity contribution in [1.82, 2.24) is 4.57 Å². The predicted octanol–water partition coefficient (Wildman–Crippen LogP) is 3.38. The zero-order valence-corrected chi connectivity index (χ0v) is 17.6. The number of aromatic nitrogens is 1. The quantitative estimate of drug-likeness (QED) is 0.460. The van der Waals surface area contributed by atoms with Gasteiger partial charge in [-0.15, -0.1) is 6.42 Å². The van der Waals surface area contributed by atoms with Crippen molar-refractivity contribution >= 4 is 37.3 Å². The van der Waals surface area contributed by atoms with Crippen LogP contribution in [0.2, 0.25) is 0 Å². The largest absolute Gasteiger partial charge is 0.305 e. The number of carbonyl (C=O) groups excluding carboxylic acids is 1. The fourth-order valence-electron chi connectivity index (χ4n) is 2.79. The molecule has 0 N–H and O–H groups in total. The summed E-state index contributed by atoms with van der Waals surface area (Å²) in [7, 11) is -3.70. The van der Waals surface area contributed by atoms with E-state index >= 15 is 0 Å². The van der Waals surface area contributed by atoms with Crippen LogP contribution in [-0.4, -0.2) is 24.6 Å². The van der Waals surface area contributed by atoms with Crippen molar-refractivity contribution in [3.8, 4) is 12.3 Å². The Hall–Kier alpha value is -2.76. The Morgan fingerprint density at radius 2 is 1.86 bits per heavy atom. The van der Waals surface area contributed by atoms with Gasteiger partial charge in [0.2, 0.25) is 5.91 Å². The predicted molar refractivity (Wildman–Crippen MR) is 112 cm³/mol. The summed E-state index contributed by atoms with van der Waals surface area (Å²) in [5.41, 5.74) is 3.11. The summed E-state index contributed by atoms with van der Waals surface area (Å²) < 4.78 is 40.4. The van der Waals surface area contributed by atoms with Gasteiger partial charge in [-0.1, -0.05) is 17.3 Å². The third kappa shape index (κ3) is 4.63. The number of benzene rings is 2. The van der Waals surface area contributed by atoms with Crippen molar-refractivity contribution in [3.63, 3.8) is 0 Å². The van der Waals surface area contributed by atoms with Crippen molar-refractivity contribution in [2.45, 2.75) is 31.7 Å². The first-order chi connectivity index (χ1) is 13.7. The molecule has 3 aromatic rings.